The van der Waals surface area contributed by atoms with Crippen molar-refractivity contribution in [3.05, 3.63) is 12.3 Å². The zero-order valence-electron chi connectivity index (χ0n) is 11.4. The van der Waals surface area contributed by atoms with Gasteiger partial charge in [-0.2, -0.15) is 0 Å². The van der Waals surface area contributed by atoms with Crippen molar-refractivity contribution < 1.29 is 4.74 Å². The average molecular weight is 250 g/mol. The molecular weight excluding hydrogens is 228 g/mol. The van der Waals surface area contributed by atoms with Gasteiger partial charge in [-0.3, -0.25) is 4.90 Å². The minimum Gasteiger partial charge on any atom is -0.493 e. The Morgan fingerprint density at radius 2 is 1.94 bits per heavy atom. The van der Waals surface area contributed by atoms with Crippen LogP contribution in [0.4, 0.5) is 11.5 Å². The van der Waals surface area contributed by atoms with Gasteiger partial charge in [0, 0.05) is 38.3 Å². The minimum absolute atomic E-state index is 0.605. The average Bonchev–Trinajstić information content (AvgIpc) is 2.38. The number of hydrogen-bond acceptors (Lipinski definition) is 5. The van der Waals surface area contributed by atoms with E-state index in [1.54, 1.807) is 13.3 Å². The van der Waals surface area contributed by atoms with Crippen LogP contribution in [0.25, 0.3) is 0 Å². The number of nitrogens with zero attached hydrogens (tertiary/aromatic N) is 3. The van der Waals surface area contributed by atoms with Crippen molar-refractivity contribution in [3.63, 3.8) is 0 Å². The molecule has 18 heavy (non-hydrogen) atoms. The first-order valence-corrected chi connectivity index (χ1v) is 6.40. The Kier molecular flexibility index (Phi) is 3.91. The molecule has 2 heterocycles. The lowest BCUT2D eigenvalue weighted by Gasteiger charge is -2.37. The molecular formula is C13H22N4O. The fourth-order valence-electron chi connectivity index (χ4n) is 2.29. The fourth-order valence-corrected chi connectivity index (χ4v) is 2.29. The number of aromatic nitrogens is 1. The van der Waals surface area contributed by atoms with E-state index >= 15 is 0 Å². The van der Waals surface area contributed by atoms with E-state index in [2.05, 4.69) is 28.6 Å². The molecule has 1 fully saturated rings. The topological polar surface area (TPSA) is 54.6 Å². The number of nitrogens with two attached hydrogens (primary N) is 1. The Hall–Kier alpha value is -1.49. The standard InChI is InChI=1S/C13H22N4O/c1-10(2)16-4-6-17(7-5-16)13-12(18-3)8-11(14)9-15-13/h8-10H,4-7,14H2,1-3H3. The number of anilines is 2. The number of ether oxygens (including phenoxy) is 1. The molecule has 0 amide bonds. The lowest BCUT2D eigenvalue weighted by Crippen LogP contribution is -2.49. The summed E-state index contributed by atoms with van der Waals surface area (Å²) in [4.78, 5) is 9.13. The number of piperazine rings is 1. The van der Waals surface area contributed by atoms with E-state index in [9.17, 15) is 0 Å². The van der Waals surface area contributed by atoms with Gasteiger partial charge in [-0.25, -0.2) is 4.98 Å². The van der Waals surface area contributed by atoms with Gasteiger partial charge in [0.2, 0.25) is 0 Å². The molecule has 1 aliphatic rings. The van der Waals surface area contributed by atoms with Crippen molar-refractivity contribution in [2.24, 2.45) is 0 Å². The summed E-state index contributed by atoms with van der Waals surface area (Å²) in [5.74, 6) is 1.66. The first-order chi connectivity index (χ1) is 8.61. The van der Waals surface area contributed by atoms with Crippen LogP contribution in [0, 0.1) is 0 Å². The fraction of sp³-hybridized carbons (Fsp3) is 0.615. The highest BCUT2D eigenvalue weighted by atomic mass is 16.5. The molecule has 0 unspecified atom stereocenters. The molecule has 1 aliphatic heterocycles. The van der Waals surface area contributed by atoms with Crippen LogP contribution in [-0.2, 0) is 0 Å². The molecule has 2 rings (SSSR count). The highest BCUT2D eigenvalue weighted by Gasteiger charge is 2.21. The summed E-state index contributed by atoms with van der Waals surface area (Å²) >= 11 is 0. The Balaban J connectivity index is 2.09. The number of rotatable bonds is 3. The van der Waals surface area contributed by atoms with Gasteiger partial charge in [0.25, 0.3) is 0 Å². The summed E-state index contributed by atoms with van der Waals surface area (Å²) in [7, 11) is 1.66. The molecule has 100 valence electrons. The summed E-state index contributed by atoms with van der Waals surface area (Å²) in [6, 6.07) is 2.44. The maximum Gasteiger partial charge on any atom is 0.171 e. The highest BCUT2D eigenvalue weighted by Crippen LogP contribution is 2.28. The van der Waals surface area contributed by atoms with Crippen LogP contribution in [0.1, 0.15) is 13.8 Å². The number of pyridine rings is 1. The van der Waals surface area contributed by atoms with E-state index in [0.717, 1.165) is 37.7 Å². The molecule has 1 aromatic heterocycles. The predicted octanol–water partition coefficient (Wildman–Crippen LogP) is 1.20. The molecule has 2 N–H and O–H groups in total. The third kappa shape index (κ3) is 2.67. The van der Waals surface area contributed by atoms with Gasteiger partial charge in [0.05, 0.1) is 19.0 Å². The molecule has 0 bridgehead atoms. The Labute approximate surface area is 109 Å². The van der Waals surface area contributed by atoms with E-state index < -0.39 is 0 Å². The van der Waals surface area contributed by atoms with Crippen LogP contribution in [0.2, 0.25) is 0 Å². The molecule has 1 aromatic rings. The molecule has 5 nitrogen and oxygen atoms in total. The molecule has 0 atom stereocenters. The third-order valence-electron chi connectivity index (χ3n) is 3.42. The second-order valence-corrected chi connectivity index (χ2v) is 4.91. The molecule has 5 heteroatoms. The highest BCUT2D eigenvalue weighted by molar-refractivity contribution is 5.58. The van der Waals surface area contributed by atoms with Gasteiger partial charge < -0.3 is 15.4 Å². The molecule has 0 aliphatic carbocycles. The van der Waals surface area contributed by atoms with Crippen LogP contribution in [0.3, 0.4) is 0 Å². The zero-order valence-corrected chi connectivity index (χ0v) is 11.4. The van der Waals surface area contributed by atoms with E-state index in [1.165, 1.54) is 0 Å². The van der Waals surface area contributed by atoms with Crippen molar-refractivity contribution in [2.45, 2.75) is 19.9 Å². The molecule has 0 saturated carbocycles. The monoisotopic (exact) mass is 250 g/mol. The van der Waals surface area contributed by atoms with Gasteiger partial charge in [-0.1, -0.05) is 0 Å². The van der Waals surface area contributed by atoms with E-state index in [0.29, 0.717) is 11.7 Å². The van der Waals surface area contributed by atoms with Gasteiger partial charge in [-0.15, -0.1) is 0 Å². The van der Waals surface area contributed by atoms with Crippen LogP contribution < -0.4 is 15.4 Å². The van der Waals surface area contributed by atoms with E-state index in [4.69, 9.17) is 10.5 Å². The molecule has 0 aromatic carbocycles. The number of methoxy groups -OCH3 is 1. The van der Waals surface area contributed by atoms with Gasteiger partial charge in [0.15, 0.2) is 11.6 Å². The summed E-state index contributed by atoms with van der Waals surface area (Å²) in [6.45, 7) is 8.55. The number of hydrogen-bond donors (Lipinski definition) is 1. The van der Waals surface area contributed by atoms with Crippen molar-refractivity contribution >= 4 is 11.5 Å². The maximum absolute atomic E-state index is 5.73. The van der Waals surface area contributed by atoms with Crippen molar-refractivity contribution in [1.82, 2.24) is 9.88 Å². The molecule has 0 spiro atoms. The first-order valence-electron chi connectivity index (χ1n) is 6.40. The zero-order chi connectivity index (χ0) is 13.1. The smallest absolute Gasteiger partial charge is 0.171 e. The van der Waals surface area contributed by atoms with Crippen molar-refractivity contribution in [3.8, 4) is 5.75 Å². The SMILES string of the molecule is COc1cc(N)cnc1N1CCN(C(C)C)CC1. The first kappa shape index (κ1) is 13.0. The molecule has 0 radical (unpaired) electrons. The Bertz CT molecular complexity index is 400. The lowest BCUT2D eigenvalue weighted by atomic mass is 10.2. The summed E-state index contributed by atoms with van der Waals surface area (Å²) in [6.07, 6.45) is 1.69. The summed E-state index contributed by atoms with van der Waals surface area (Å²) in [5.41, 5.74) is 6.36. The predicted molar refractivity (Wildman–Crippen MR) is 74.1 cm³/mol. The second kappa shape index (κ2) is 5.44. The quantitative estimate of drug-likeness (QED) is 0.873. The lowest BCUT2D eigenvalue weighted by molar-refractivity contribution is 0.208. The normalized spacial score (nSPS) is 17.2. The Morgan fingerprint density at radius 1 is 1.28 bits per heavy atom. The maximum atomic E-state index is 5.73. The van der Waals surface area contributed by atoms with Gasteiger partial charge in [0.1, 0.15) is 0 Å². The van der Waals surface area contributed by atoms with E-state index in [-0.39, 0.29) is 0 Å². The van der Waals surface area contributed by atoms with E-state index in [1.807, 2.05) is 6.07 Å². The van der Waals surface area contributed by atoms with Crippen molar-refractivity contribution in [1.29, 1.82) is 0 Å². The van der Waals surface area contributed by atoms with Crippen LogP contribution in [0.15, 0.2) is 12.3 Å². The summed E-state index contributed by atoms with van der Waals surface area (Å²) < 4.78 is 5.36. The second-order valence-electron chi connectivity index (χ2n) is 4.91. The van der Waals surface area contributed by atoms with Gasteiger partial charge in [-0.05, 0) is 13.8 Å². The largest absolute Gasteiger partial charge is 0.493 e. The van der Waals surface area contributed by atoms with Crippen LogP contribution in [0.5, 0.6) is 5.75 Å². The van der Waals surface area contributed by atoms with Crippen LogP contribution >= 0.6 is 0 Å². The van der Waals surface area contributed by atoms with Gasteiger partial charge >= 0.3 is 0 Å². The Morgan fingerprint density at radius 3 is 2.50 bits per heavy atom. The van der Waals surface area contributed by atoms with Crippen molar-refractivity contribution in [2.75, 3.05) is 43.9 Å². The number of nitrogen functional groups attached to an aromatic ring is 1. The minimum atomic E-state index is 0.605. The summed E-state index contributed by atoms with van der Waals surface area (Å²) in [5, 5.41) is 0. The third-order valence-corrected chi connectivity index (χ3v) is 3.42. The molecule has 1 saturated heterocycles. The van der Waals surface area contributed by atoms with Crippen LogP contribution in [-0.4, -0.2) is 49.2 Å².